The molecule has 1 aliphatic rings. The number of likely N-dealkylation sites (tertiary alicyclic amines) is 1. The summed E-state index contributed by atoms with van der Waals surface area (Å²) in [5.74, 6) is -0.982. The molecule has 1 amide bonds. The molecule has 7 nitrogen and oxygen atoms in total. The number of hydrogen-bond donors (Lipinski definition) is 3. The summed E-state index contributed by atoms with van der Waals surface area (Å²) in [4.78, 5) is 13.3. The number of hydrazine groups is 1. The second kappa shape index (κ2) is 6.14. The first-order valence-electron chi connectivity index (χ1n) is 5.16. The summed E-state index contributed by atoms with van der Waals surface area (Å²) in [6.07, 6.45) is 3.37. The molecule has 16 heavy (non-hydrogen) atoms. The van der Waals surface area contributed by atoms with Gasteiger partial charge >= 0.3 is 0 Å². The molecule has 1 heterocycles. The van der Waals surface area contributed by atoms with E-state index in [2.05, 4.69) is 10.9 Å². The van der Waals surface area contributed by atoms with Crippen LogP contribution in [0.4, 0.5) is 0 Å². The van der Waals surface area contributed by atoms with Crippen molar-refractivity contribution in [2.24, 2.45) is 0 Å². The first kappa shape index (κ1) is 13.4. The fourth-order valence-corrected chi connectivity index (χ4v) is 1.84. The van der Waals surface area contributed by atoms with E-state index in [1.165, 1.54) is 6.42 Å². The van der Waals surface area contributed by atoms with Gasteiger partial charge in [-0.2, -0.15) is 8.42 Å². The van der Waals surface area contributed by atoms with Crippen molar-refractivity contribution in [3.8, 4) is 0 Å². The molecular weight excluding hydrogens is 234 g/mol. The SMILES string of the molecule is O=C(CN1CCCCC1)NNCS(=O)(=O)O. The maximum absolute atomic E-state index is 11.3. The largest absolute Gasteiger partial charge is 0.294 e. The molecule has 0 spiro atoms. The number of piperidine rings is 1. The Kier molecular flexibility index (Phi) is 5.13. The van der Waals surface area contributed by atoms with Crippen LogP contribution in [0.25, 0.3) is 0 Å². The monoisotopic (exact) mass is 251 g/mol. The van der Waals surface area contributed by atoms with E-state index in [0.29, 0.717) is 0 Å². The lowest BCUT2D eigenvalue weighted by atomic mass is 10.1. The molecule has 0 bridgehead atoms. The van der Waals surface area contributed by atoms with E-state index < -0.39 is 16.0 Å². The lowest BCUT2D eigenvalue weighted by molar-refractivity contribution is -0.123. The van der Waals surface area contributed by atoms with Crippen LogP contribution < -0.4 is 10.9 Å². The van der Waals surface area contributed by atoms with Crippen molar-refractivity contribution >= 4 is 16.0 Å². The Bertz CT molecular complexity index is 324. The highest BCUT2D eigenvalue weighted by Gasteiger charge is 2.13. The van der Waals surface area contributed by atoms with Crippen molar-refractivity contribution in [1.82, 2.24) is 15.8 Å². The number of nitrogens with one attached hydrogen (secondary N) is 2. The van der Waals surface area contributed by atoms with Gasteiger partial charge in [0, 0.05) is 0 Å². The Labute approximate surface area is 94.9 Å². The van der Waals surface area contributed by atoms with Crippen LogP contribution in [0.3, 0.4) is 0 Å². The third kappa shape index (κ3) is 6.01. The third-order valence-electron chi connectivity index (χ3n) is 2.30. The Morgan fingerprint density at radius 3 is 2.44 bits per heavy atom. The summed E-state index contributed by atoms with van der Waals surface area (Å²) >= 11 is 0. The molecular formula is C8H17N3O4S. The zero-order valence-corrected chi connectivity index (χ0v) is 9.79. The molecule has 94 valence electrons. The molecule has 8 heteroatoms. The molecule has 1 rings (SSSR count). The van der Waals surface area contributed by atoms with Crippen LogP contribution in [0, 0.1) is 0 Å². The zero-order chi connectivity index (χ0) is 12.0. The molecule has 1 fully saturated rings. The average molecular weight is 251 g/mol. The highest BCUT2D eigenvalue weighted by molar-refractivity contribution is 7.85. The van der Waals surface area contributed by atoms with Crippen LogP contribution in [0.15, 0.2) is 0 Å². The van der Waals surface area contributed by atoms with Crippen LogP contribution in [-0.2, 0) is 14.9 Å². The highest BCUT2D eigenvalue weighted by Crippen LogP contribution is 2.07. The van der Waals surface area contributed by atoms with Crippen molar-refractivity contribution < 1.29 is 17.8 Å². The molecule has 0 radical (unpaired) electrons. The van der Waals surface area contributed by atoms with Gasteiger partial charge in [-0.15, -0.1) is 0 Å². The number of hydrogen-bond acceptors (Lipinski definition) is 5. The van der Waals surface area contributed by atoms with Gasteiger partial charge in [-0.25, -0.2) is 5.43 Å². The second-order valence-corrected chi connectivity index (χ2v) is 5.24. The van der Waals surface area contributed by atoms with E-state index in [9.17, 15) is 13.2 Å². The first-order valence-corrected chi connectivity index (χ1v) is 6.77. The van der Waals surface area contributed by atoms with Crippen molar-refractivity contribution in [1.29, 1.82) is 0 Å². The fraction of sp³-hybridized carbons (Fsp3) is 0.875. The van der Waals surface area contributed by atoms with Crippen molar-refractivity contribution in [2.45, 2.75) is 19.3 Å². The van der Waals surface area contributed by atoms with Gasteiger partial charge in [-0.3, -0.25) is 19.7 Å². The molecule has 0 aromatic heterocycles. The van der Waals surface area contributed by atoms with Crippen LogP contribution >= 0.6 is 0 Å². The smallest absolute Gasteiger partial charge is 0.279 e. The fourth-order valence-electron chi connectivity index (χ4n) is 1.59. The van der Waals surface area contributed by atoms with Gasteiger partial charge in [-0.05, 0) is 25.9 Å². The van der Waals surface area contributed by atoms with Crippen molar-refractivity contribution in [3.63, 3.8) is 0 Å². The van der Waals surface area contributed by atoms with E-state index in [1.54, 1.807) is 0 Å². The Morgan fingerprint density at radius 2 is 1.88 bits per heavy atom. The molecule has 0 unspecified atom stereocenters. The minimum absolute atomic E-state index is 0.248. The second-order valence-electron chi connectivity index (χ2n) is 3.79. The van der Waals surface area contributed by atoms with E-state index in [-0.39, 0.29) is 12.5 Å². The summed E-state index contributed by atoms with van der Waals surface area (Å²) in [6.45, 7) is 2.04. The lowest BCUT2D eigenvalue weighted by Gasteiger charge is -2.25. The predicted molar refractivity (Wildman–Crippen MR) is 58.0 cm³/mol. The molecule has 0 aromatic carbocycles. The summed E-state index contributed by atoms with van der Waals surface area (Å²) in [5, 5.41) is 0. The van der Waals surface area contributed by atoms with E-state index in [4.69, 9.17) is 4.55 Å². The maximum atomic E-state index is 11.3. The van der Waals surface area contributed by atoms with Crippen LogP contribution in [0.2, 0.25) is 0 Å². The molecule has 1 saturated heterocycles. The van der Waals surface area contributed by atoms with Gasteiger partial charge in [0.1, 0.15) is 5.88 Å². The number of nitrogens with zero attached hydrogens (tertiary/aromatic N) is 1. The van der Waals surface area contributed by atoms with Crippen molar-refractivity contribution in [2.75, 3.05) is 25.5 Å². The molecule has 0 atom stereocenters. The summed E-state index contributed by atoms with van der Waals surface area (Å²) in [6, 6.07) is 0. The lowest BCUT2D eigenvalue weighted by Crippen LogP contribution is -2.46. The van der Waals surface area contributed by atoms with Gasteiger partial charge < -0.3 is 0 Å². The molecule has 0 aliphatic carbocycles. The summed E-state index contributed by atoms with van der Waals surface area (Å²) < 4.78 is 29.1. The summed E-state index contributed by atoms with van der Waals surface area (Å²) in [7, 11) is -4.09. The van der Waals surface area contributed by atoms with Crippen LogP contribution in [-0.4, -0.2) is 49.3 Å². The predicted octanol–water partition coefficient (Wildman–Crippen LogP) is -1.06. The molecule has 1 aliphatic heterocycles. The van der Waals surface area contributed by atoms with Gasteiger partial charge in [0.05, 0.1) is 6.54 Å². The van der Waals surface area contributed by atoms with Gasteiger partial charge in [0.15, 0.2) is 0 Å². The topological polar surface area (TPSA) is 98.7 Å². The normalized spacial score (nSPS) is 18.3. The van der Waals surface area contributed by atoms with Gasteiger partial charge in [0.25, 0.3) is 10.1 Å². The number of carbonyl (C=O) groups excluding carboxylic acids is 1. The van der Waals surface area contributed by atoms with Gasteiger partial charge in [0.2, 0.25) is 5.91 Å². The third-order valence-corrected chi connectivity index (χ3v) is 2.81. The summed E-state index contributed by atoms with van der Waals surface area (Å²) in [5.41, 5.74) is 4.37. The van der Waals surface area contributed by atoms with E-state index in [0.717, 1.165) is 25.9 Å². The molecule has 0 saturated carbocycles. The minimum Gasteiger partial charge on any atom is -0.294 e. The first-order chi connectivity index (χ1) is 7.47. The quantitative estimate of drug-likeness (QED) is 0.425. The molecule has 3 N–H and O–H groups in total. The van der Waals surface area contributed by atoms with E-state index in [1.807, 2.05) is 4.90 Å². The standard InChI is InChI=1S/C8H17N3O4S/c12-8(10-9-7-16(13,14)15)6-11-4-2-1-3-5-11/h9H,1-7H2,(H,10,12)(H,13,14,15). The van der Waals surface area contributed by atoms with Crippen molar-refractivity contribution in [3.05, 3.63) is 0 Å². The number of rotatable bonds is 5. The van der Waals surface area contributed by atoms with Gasteiger partial charge in [-0.1, -0.05) is 6.42 Å². The maximum Gasteiger partial charge on any atom is 0.279 e. The highest BCUT2D eigenvalue weighted by atomic mass is 32.2. The zero-order valence-electron chi connectivity index (χ0n) is 8.98. The van der Waals surface area contributed by atoms with Crippen LogP contribution in [0.1, 0.15) is 19.3 Å². The van der Waals surface area contributed by atoms with E-state index >= 15 is 0 Å². The van der Waals surface area contributed by atoms with Crippen LogP contribution in [0.5, 0.6) is 0 Å². The Balaban J connectivity index is 2.15. The average Bonchev–Trinajstić information content (AvgIpc) is 2.17. The number of carbonyl (C=O) groups is 1. The Morgan fingerprint density at radius 1 is 1.25 bits per heavy atom. The minimum atomic E-state index is -4.09. The number of amides is 1. The molecule has 0 aromatic rings. The Hall–Kier alpha value is -0.700.